The molecule has 0 radical (unpaired) electrons. The quantitative estimate of drug-likeness (QED) is 0.790. The second-order valence-electron chi connectivity index (χ2n) is 6.42. The van der Waals surface area contributed by atoms with Crippen LogP contribution in [0.3, 0.4) is 0 Å². The van der Waals surface area contributed by atoms with Crippen LogP contribution in [0.4, 0.5) is 5.69 Å². The number of ether oxygens (including phenoxy) is 2. The lowest BCUT2D eigenvalue weighted by Gasteiger charge is -2.37. The Balaban J connectivity index is 2.01. The van der Waals surface area contributed by atoms with Crippen LogP contribution in [-0.4, -0.2) is 30.6 Å². The molecule has 0 bridgehead atoms. The van der Waals surface area contributed by atoms with E-state index in [0.717, 1.165) is 11.3 Å². The number of hydrogen-bond acceptors (Lipinski definition) is 4. The highest BCUT2D eigenvalue weighted by atomic mass is 16.5. The molecule has 1 aliphatic rings. The Kier molecular flexibility index (Phi) is 5.16. The summed E-state index contributed by atoms with van der Waals surface area (Å²) in [6.45, 7) is 8.17. The van der Waals surface area contributed by atoms with Gasteiger partial charge in [-0.2, -0.15) is 0 Å². The van der Waals surface area contributed by atoms with Crippen LogP contribution in [-0.2, 0) is 0 Å². The second kappa shape index (κ2) is 7.52. The largest absolute Gasteiger partial charge is 0.493 e. The van der Waals surface area contributed by atoms with Crippen molar-refractivity contribution in [3.63, 3.8) is 0 Å². The fourth-order valence-corrected chi connectivity index (χ4v) is 3.09. The van der Waals surface area contributed by atoms with Gasteiger partial charge in [-0.1, -0.05) is 24.3 Å². The highest BCUT2D eigenvalue weighted by molar-refractivity contribution is 6.01. The van der Waals surface area contributed by atoms with Gasteiger partial charge in [-0.3, -0.25) is 4.79 Å². The van der Waals surface area contributed by atoms with Crippen molar-refractivity contribution in [2.24, 2.45) is 0 Å². The van der Waals surface area contributed by atoms with Gasteiger partial charge in [-0.15, -0.1) is 6.58 Å². The Morgan fingerprint density at radius 2 is 2.00 bits per heavy atom. The first kappa shape index (κ1) is 17.9. The number of hydrogen-bond donors (Lipinski definition) is 1. The molecule has 2 aromatic carbocycles. The maximum Gasteiger partial charge on any atom is 0.258 e. The van der Waals surface area contributed by atoms with E-state index in [2.05, 4.69) is 11.9 Å². The average Bonchev–Trinajstić information content (AvgIpc) is 2.64. The van der Waals surface area contributed by atoms with Crippen LogP contribution in [0.25, 0.3) is 0 Å². The van der Waals surface area contributed by atoms with Gasteiger partial charge in [0, 0.05) is 12.2 Å². The number of fused-ring (bicyclic) bond motifs is 1. The third-order valence-electron chi connectivity index (χ3n) is 4.21. The minimum atomic E-state index is -0.308. The van der Waals surface area contributed by atoms with E-state index in [1.54, 1.807) is 18.1 Å². The summed E-state index contributed by atoms with van der Waals surface area (Å²) in [5.74, 6) is 1.30. The zero-order chi connectivity index (χ0) is 18.7. The van der Waals surface area contributed by atoms with Gasteiger partial charge < -0.3 is 19.7 Å². The minimum absolute atomic E-state index is 0.0225. The molecule has 2 aromatic rings. The van der Waals surface area contributed by atoms with E-state index in [1.165, 1.54) is 0 Å². The Morgan fingerprint density at radius 3 is 2.69 bits per heavy atom. The topological polar surface area (TPSA) is 50.8 Å². The Morgan fingerprint density at radius 1 is 1.23 bits per heavy atom. The monoisotopic (exact) mass is 352 g/mol. The lowest BCUT2D eigenvalue weighted by atomic mass is 10.0. The molecule has 1 atom stereocenters. The van der Waals surface area contributed by atoms with E-state index in [0.29, 0.717) is 23.6 Å². The summed E-state index contributed by atoms with van der Waals surface area (Å²) >= 11 is 0. The number of methoxy groups -OCH3 is 1. The Hall–Kier alpha value is -2.95. The number of amides is 1. The first-order valence-electron chi connectivity index (χ1n) is 8.67. The number of nitrogens with zero attached hydrogens (tertiary/aromatic N) is 1. The normalized spacial score (nSPS) is 16.1. The third-order valence-corrected chi connectivity index (χ3v) is 4.21. The van der Waals surface area contributed by atoms with Crippen LogP contribution in [0.5, 0.6) is 11.5 Å². The van der Waals surface area contributed by atoms with Crippen molar-refractivity contribution >= 4 is 11.6 Å². The van der Waals surface area contributed by atoms with Gasteiger partial charge in [0.1, 0.15) is 6.17 Å². The molecule has 0 fully saturated rings. The van der Waals surface area contributed by atoms with Crippen LogP contribution in [0.1, 0.15) is 35.9 Å². The molecule has 5 heteroatoms. The van der Waals surface area contributed by atoms with Crippen molar-refractivity contribution < 1.29 is 14.3 Å². The summed E-state index contributed by atoms with van der Waals surface area (Å²) in [6, 6.07) is 13.3. The number of anilines is 1. The summed E-state index contributed by atoms with van der Waals surface area (Å²) in [6.07, 6.45) is 1.47. The molecule has 1 N–H and O–H groups in total. The Labute approximate surface area is 154 Å². The molecule has 0 spiro atoms. The van der Waals surface area contributed by atoms with E-state index < -0.39 is 0 Å². The molecular formula is C21H24N2O3. The van der Waals surface area contributed by atoms with Gasteiger partial charge in [0.05, 0.1) is 18.8 Å². The van der Waals surface area contributed by atoms with Crippen LogP contribution in [0.2, 0.25) is 0 Å². The van der Waals surface area contributed by atoms with Crippen molar-refractivity contribution in [2.45, 2.75) is 26.1 Å². The number of carbonyl (C=O) groups is 1. The summed E-state index contributed by atoms with van der Waals surface area (Å²) in [5.41, 5.74) is 2.41. The molecule has 1 aliphatic heterocycles. The first-order chi connectivity index (χ1) is 12.5. The van der Waals surface area contributed by atoms with Crippen LogP contribution < -0.4 is 14.8 Å². The minimum Gasteiger partial charge on any atom is -0.493 e. The van der Waals surface area contributed by atoms with E-state index >= 15 is 0 Å². The standard InChI is InChI=1S/C21H24N2O3/c1-5-12-23-20(22-17-9-7-6-8-16(17)21(23)24)15-10-11-18(26-14(2)3)19(13-15)25-4/h5-11,13-14,20,22H,1,12H2,2-4H3. The molecule has 0 aliphatic carbocycles. The Bertz CT molecular complexity index is 817. The predicted octanol–water partition coefficient (Wildman–Crippen LogP) is 4.23. The van der Waals surface area contributed by atoms with Gasteiger partial charge in [0.2, 0.25) is 0 Å². The number of carbonyl (C=O) groups excluding carboxylic acids is 1. The highest BCUT2D eigenvalue weighted by Crippen LogP contribution is 2.37. The summed E-state index contributed by atoms with van der Waals surface area (Å²) < 4.78 is 11.3. The van der Waals surface area contributed by atoms with E-state index in [4.69, 9.17) is 9.47 Å². The van der Waals surface area contributed by atoms with Crippen molar-refractivity contribution in [1.82, 2.24) is 4.90 Å². The smallest absolute Gasteiger partial charge is 0.258 e. The molecule has 0 aromatic heterocycles. The van der Waals surface area contributed by atoms with Crippen LogP contribution >= 0.6 is 0 Å². The van der Waals surface area contributed by atoms with E-state index in [9.17, 15) is 4.79 Å². The van der Waals surface area contributed by atoms with Crippen LogP contribution in [0.15, 0.2) is 55.1 Å². The van der Waals surface area contributed by atoms with Crippen LogP contribution in [0, 0.1) is 0 Å². The average molecular weight is 352 g/mol. The summed E-state index contributed by atoms with van der Waals surface area (Å²) in [4.78, 5) is 14.7. The first-order valence-corrected chi connectivity index (χ1v) is 8.67. The fourth-order valence-electron chi connectivity index (χ4n) is 3.09. The zero-order valence-electron chi connectivity index (χ0n) is 15.4. The van der Waals surface area contributed by atoms with Gasteiger partial charge in [-0.05, 0) is 43.7 Å². The third kappa shape index (κ3) is 3.38. The number of nitrogens with one attached hydrogen (secondary N) is 1. The summed E-state index contributed by atoms with van der Waals surface area (Å²) in [5, 5.41) is 3.45. The van der Waals surface area contributed by atoms with Crippen molar-refractivity contribution in [3.8, 4) is 11.5 Å². The molecule has 5 nitrogen and oxygen atoms in total. The molecule has 1 unspecified atom stereocenters. The molecule has 136 valence electrons. The molecular weight excluding hydrogens is 328 g/mol. The molecule has 0 saturated heterocycles. The van der Waals surface area contributed by atoms with Crippen molar-refractivity contribution in [2.75, 3.05) is 19.0 Å². The number of rotatable bonds is 6. The van der Waals surface area contributed by atoms with Gasteiger partial charge >= 0.3 is 0 Å². The predicted molar refractivity (Wildman–Crippen MR) is 103 cm³/mol. The molecule has 0 saturated carbocycles. The number of benzene rings is 2. The van der Waals surface area contributed by atoms with Crippen molar-refractivity contribution in [3.05, 3.63) is 66.2 Å². The lowest BCUT2D eigenvalue weighted by molar-refractivity contribution is 0.0707. The second-order valence-corrected chi connectivity index (χ2v) is 6.42. The van der Waals surface area contributed by atoms with E-state index in [-0.39, 0.29) is 18.2 Å². The molecule has 1 heterocycles. The van der Waals surface area contributed by atoms with Gasteiger partial charge in [-0.25, -0.2) is 0 Å². The summed E-state index contributed by atoms with van der Waals surface area (Å²) in [7, 11) is 1.61. The fraction of sp³-hybridized carbons (Fsp3) is 0.286. The molecule has 1 amide bonds. The maximum atomic E-state index is 12.9. The maximum absolute atomic E-state index is 12.9. The molecule has 3 rings (SSSR count). The van der Waals surface area contributed by atoms with E-state index in [1.807, 2.05) is 56.3 Å². The van der Waals surface area contributed by atoms with Gasteiger partial charge in [0.25, 0.3) is 5.91 Å². The van der Waals surface area contributed by atoms with Gasteiger partial charge in [0.15, 0.2) is 11.5 Å². The van der Waals surface area contributed by atoms with Crippen molar-refractivity contribution in [1.29, 1.82) is 0 Å². The molecule has 26 heavy (non-hydrogen) atoms. The zero-order valence-corrected chi connectivity index (χ0v) is 15.4. The number of para-hydroxylation sites is 1. The SMILES string of the molecule is C=CCN1C(=O)c2ccccc2NC1c1ccc(OC(C)C)c(OC)c1. The highest BCUT2D eigenvalue weighted by Gasteiger charge is 2.32. The lowest BCUT2D eigenvalue weighted by Crippen LogP contribution is -2.42.